The van der Waals surface area contributed by atoms with E-state index >= 15 is 0 Å². The normalized spacial score (nSPS) is 35.4. The fourth-order valence-electron chi connectivity index (χ4n) is 3.69. The summed E-state index contributed by atoms with van der Waals surface area (Å²) in [6.45, 7) is 5.32. The Morgan fingerprint density at radius 1 is 1.44 bits per heavy atom. The first-order chi connectivity index (χ1) is 8.45. The van der Waals surface area contributed by atoms with Crippen molar-refractivity contribution in [3.8, 4) is 5.75 Å². The quantitative estimate of drug-likeness (QED) is 0.761. The number of carbonyl (C=O) groups is 1. The van der Waals surface area contributed by atoms with Crippen LogP contribution >= 0.6 is 0 Å². The number of piperidine rings is 1. The number of Topliss-reactive ketones (excluding diaryl/α,β-unsaturated/α-hetero) is 1. The van der Waals surface area contributed by atoms with E-state index in [2.05, 4.69) is 18.7 Å². The Balaban J connectivity index is 2.25. The lowest BCUT2D eigenvalue weighted by Crippen LogP contribution is -2.59. The Morgan fingerprint density at radius 2 is 2.17 bits per heavy atom. The molecule has 1 aromatic rings. The Hall–Kier alpha value is -1.35. The Morgan fingerprint density at radius 3 is 2.89 bits per heavy atom. The number of likely N-dealkylation sites (tertiary alicyclic amines) is 1. The van der Waals surface area contributed by atoms with Gasteiger partial charge in [0.25, 0.3) is 0 Å². The summed E-state index contributed by atoms with van der Waals surface area (Å²) >= 11 is 0. The number of fused-ring (bicyclic) bond motifs is 4. The lowest BCUT2D eigenvalue weighted by Gasteiger charge is -2.52. The van der Waals surface area contributed by atoms with Gasteiger partial charge in [-0.05, 0) is 55.1 Å². The number of carbonyl (C=O) groups excluding carboxylic acids is 1. The molecule has 18 heavy (non-hydrogen) atoms. The second-order valence-corrected chi connectivity index (χ2v) is 5.98. The van der Waals surface area contributed by atoms with Crippen molar-refractivity contribution in [2.24, 2.45) is 5.92 Å². The molecule has 3 rings (SSSR count). The van der Waals surface area contributed by atoms with Gasteiger partial charge in [0.05, 0.1) is 6.04 Å². The van der Waals surface area contributed by atoms with Crippen LogP contribution in [-0.2, 0) is 5.41 Å². The van der Waals surface area contributed by atoms with Crippen molar-refractivity contribution in [1.82, 2.24) is 4.90 Å². The fourth-order valence-corrected chi connectivity index (χ4v) is 3.69. The molecule has 1 saturated heterocycles. The monoisotopic (exact) mass is 245 g/mol. The molecule has 3 nitrogen and oxygen atoms in total. The average molecular weight is 245 g/mol. The first-order valence-electron chi connectivity index (χ1n) is 6.53. The number of aromatic hydroxyl groups is 1. The predicted octanol–water partition coefficient (Wildman–Crippen LogP) is 2.19. The van der Waals surface area contributed by atoms with Crippen LogP contribution in [0.15, 0.2) is 18.2 Å². The predicted molar refractivity (Wildman–Crippen MR) is 70.0 cm³/mol. The SMILES string of the molecule is C[C@H]1[C@H]2C(=O)c3ccc(O)cc3[C@]1(C)CCN2C. The summed E-state index contributed by atoms with van der Waals surface area (Å²) < 4.78 is 0. The summed E-state index contributed by atoms with van der Waals surface area (Å²) in [6.07, 6.45) is 1.03. The summed E-state index contributed by atoms with van der Waals surface area (Å²) in [5, 5.41) is 9.70. The third-order valence-corrected chi connectivity index (χ3v) is 5.09. The lowest BCUT2D eigenvalue weighted by atomic mass is 9.58. The van der Waals surface area contributed by atoms with Crippen molar-refractivity contribution in [3.05, 3.63) is 29.3 Å². The van der Waals surface area contributed by atoms with Gasteiger partial charge in [-0.3, -0.25) is 9.69 Å². The van der Waals surface area contributed by atoms with Gasteiger partial charge in [-0.2, -0.15) is 0 Å². The molecular weight excluding hydrogens is 226 g/mol. The van der Waals surface area contributed by atoms with E-state index in [1.54, 1.807) is 18.2 Å². The van der Waals surface area contributed by atoms with E-state index in [0.717, 1.165) is 24.1 Å². The largest absolute Gasteiger partial charge is 0.508 e. The van der Waals surface area contributed by atoms with Crippen LogP contribution < -0.4 is 0 Å². The first-order valence-corrected chi connectivity index (χ1v) is 6.53. The number of ketones is 1. The smallest absolute Gasteiger partial charge is 0.180 e. The molecule has 0 spiro atoms. The van der Waals surface area contributed by atoms with Crippen LogP contribution in [0.2, 0.25) is 0 Å². The zero-order valence-electron chi connectivity index (χ0n) is 11.1. The highest BCUT2D eigenvalue weighted by Crippen LogP contribution is 2.48. The maximum Gasteiger partial charge on any atom is 0.180 e. The van der Waals surface area contributed by atoms with Gasteiger partial charge in [-0.1, -0.05) is 13.8 Å². The van der Waals surface area contributed by atoms with Crippen molar-refractivity contribution in [2.75, 3.05) is 13.6 Å². The molecule has 0 radical (unpaired) electrons. The lowest BCUT2D eigenvalue weighted by molar-refractivity contribution is 0.0397. The Bertz CT molecular complexity index is 525. The molecule has 0 amide bonds. The second-order valence-electron chi connectivity index (χ2n) is 5.98. The van der Waals surface area contributed by atoms with Gasteiger partial charge in [0.15, 0.2) is 5.78 Å². The van der Waals surface area contributed by atoms with Gasteiger partial charge in [-0.25, -0.2) is 0 Å². The molecule has 2 aliphatic rings. The second kappa shape index (κ2) is 3.58. The standard InChI is InChI=1S/C15H19NO2/c1-9-13-14(18)11-5-4-10(17)8-12(11)15(9,2)6-7-16(13)3/h4-5,8-9,13,17H,6-7H2,1-3H3/t9-,13-,15+/m0/s1. The van der Waals surface area contributed by atoms with E-state index < -0.39 is 0 Å². The molecule has 1 N–H and O–H groups in total. The molecule has 0 aromatic heterocycles. The van der Waals surface area contributed by atoms with Crippen LogP contribution in [0.4, 0.5) is 0 Å². The number of phenolic OH excluding ortho intramolecular Hbond substituents is 1. The van der Waals surface area contributed by atoms with Crippen LogP contribution in [0.25, 0.3) is 0 Å². The van der Waals surface area contributed by atoms with Gasteiger partial charge in [0.1, 0.15) is 5.75 Å². The Labute approximate surface area is 107 Å². The highest BCUT2D eigenvalue weighted by Gasteiger charge is 2.51. The highest BCUT2D eigenvalue weighted by atomic mass is 16.3. The number of hydrogen-bond donors (Lipinski definition) is 1. The molecule has 1 aliphatic carbocycles. The average Bonchev–Trinajstić information content (AvgIpc) is 2.33. The molecule has 1 aliphatic heterocycles. The Kier molecular flexibility index (Phi) is 2.33. The summed E-state index contributed by atoms with van der Waals surface area (Å²) in [6, 6.07) is 5.17. The van der Waals surface area contributed by atoms with E-state index in [-0.39, 0.29) is 28.9 Å². The van der Waals surface area contributed by atoms with Gasteiger partial charge in [-0.15, -0.1) is 0 Å². The topological polar surface area (TPSA) is 40.5 Å². The number of nitrogens with zero attached hydrogens (tertiary/aromatic N) is 1. The van der Waals surface area contributed by atoms with Crippen LogP contribution in [0.3, 0.4) is 0 Å². The molecule has 1 fully saturated rings. The van der Waals surface area contributed by atoms with Crippen LogP contribution in [0.1, 0.15) is 36.2 Å². The van der Waals surface area contributed by atoms with E-state index in [1.807, 2.05) is 7.05 Å². The van der Waals surface area contributed by atoms with E-state index in [0.29, 0.717) is 0 Å². The summed E-state index contributed by atoms with van der Waals surface area (Å²) in [5.74, 6) is 0.752. The van der Waals surface area contributed by atoms with Crippen molar-refractivity contribution < 1.29 is 9.90 Å². The van der Waals surface area contributed by atoms with Crippen LogP contribution in [0.5, 0.6) is 5.75 Å². The van der Waals surface area contributed by atoms with Gasteiger partial charge < -0.3 is 5.11 Å². The van der Waals surface area contributed by atoms with Crippen molar-refractivity contribution >= 4 is 5.78 Å². The molecule has 3 heteroatoms. The van der Waals surface area contributed by atoms with Crippen molar-refractivity contribution in [1.29, 1.82) is 0 Å². The molecule has 96 valence electrons. The van der Waals surface area contributed by atoms with Crippen LogP contribution in [-0.4, -0.2) is 35.4 Å². The number of rotatable bonds is 0. The van der Waals surface area contributed by atoms with E-state index in [4.69, 9.17) is 0 Å². The maximum atomic E-state index is 12.6. The number of likely N-dealkylation sites (N-methyl/N-ethyl adjacent to an activating group) is 1. The maximum absolute atomic E-state index is 12.6. The third-order valence-electron chi connectivity index (χ3n) is 5.09. The van der Waals surface area contributed by atoms with Gasteiger partial charge in [0, 0.05) is 5.56 Å². The minimum atomic E-state index is -0.0132. The molecule has 2 bridgehead atoms. The molecule has 0 saturated carbocycles. The van der Waals surface area contributed by atoms with Crippen molar-refractivity contribution in [3.63, 3.8) is 0 Å². The van der Waals surface area contributed by atoms with E-state index in [9.17, 15) is 9.90 Å². The molecule has 1 heterocycles. The van der Waals surface area contributed by atoms with E-state index in [1.165, 1.54) is 0 Å². The summed E-state index contributed by atoms with van der Waals surface area (Å²) in [4.78, 5) is 14.7. The zero-order chi connectivity index (χ0) is 13.1. The highest BCUT2D eigenvalue weighted by molar-refractivity contribution is 6.03. The summed E-state index contributed by atoms with van der Waals surface area (Å²) in [7, 11) is 2.03. The molecule has 3 atom stereocenters. The third kappa shape index (κ3) is 1.31. The number of benzene rings is 1. The minimum absolute atomic E-state index is 0.000833. The molecule has 1 aromatic carbocycles. The fraction of sp³-hybridized carbons (Fsp3) is 0.533. The van der Waals surface area contributed by atoms with Crippen LogP contribution in [0, 0.1) is 5.92 Å². The number of hydrogen-bond acceptors (Lipinski definition) is 3. The first kappa shape index (κ1) is 11.7. The van der Waals surface area contributed by atoms with Gasteiger partial charge >= 0.3 is 0 Å². The van der Waals surface area contributed by atoms with Crippen molar-refractivity contribution in [2.45, 2.75) is 31.7 Å². The van der Waals surface area contributed by atoms with Gasteiger partial charge in [0.2, 0.25) is 0 Å². The zero-order valence-corrected chi connectivity index (χ0v) is 11.1. The summed E-state index contributed by atoms with van der Waals surface area (Å²) in [5.41, 5.74) is 1.83. The molecular formula is C15H19NO2. The minimum Gasteiger partial charge on any atom is -0.508 e. The number of phenols is 1. The molecule has 0 unspecified atom stereocenters.